The molecule has 0 aliphatic carbocycles. The highest BCUT2D eigenvalue weighted by molar-refractivity contribution is 6.57. The number of nitrogens with one attached hydrogen (secondary N) is 1. The molecule has 0 aromatic carbocycles. The molecule has 0 fully saturated rings. The molecular weight excluding hydrogens is 74.9 g/mol. The first-order chi connectivity index (χ1) is 2.64. The van der Waals surface area contributed by atoms with Crippen LogP contribution >= 0.6 is 0 Å². The smallest absolute Gasteiger partial charge is 0.185 e. The van der Waals surface area contributed by atoms with Gasteiger partial charge in [-0.05, 0) is 0 Å². The van der Waals surface area contributed by atoms with Crippen LogP contribution in [-0.2, 0) is 0 Å². The van der Waals surface area contributed by atoms with Gasteiger partial charge in [-0.3, -0.25) is 5.41 Å². The fourth-order valence-corrected chi connectivity index (χ4v) is 0. The summed E-state index contributed by atoms with van der Waals surface area (Å²) in [6.07, 6.45) is 0. The quantitative estimate of drug-likeness (QED) is 0.230. The Hall–Kier alpha value is -0.465. The van der Waals surface area contributed by atoms with Gasteiger partial charge in [0.1, 0.15) is 0 Å². The van der Waals surface area contributed by atoms with Crippen molar-refractivity contribution in [1.82, 2.24) is 4.90 Å². The predicted octanol–water partition coefficient (Wildman–Crippen LogP) is -0.884. The summed E-state index contributed by atoms with van der Waals surface area (Å²) in [7, 11) is 5.45. The van der Waals surface area contributed by atoms with Crippen molar-refractivity contribution in [3.63, 3.8) is 0 Å². The molecule has 0 aliphatic rings. The second-order valence-electron chi connectivity index (χ2n) is 1.48. The van der Waals surface area contributed by atoms with E-state index in [1.54, 1.807) is 12.7 Å². The molecular formula is C3H9BN2. The Balaban J connectivity index is 3.26. The molecule has 2 nitrogen and oxygen atoms in total. The number of hydrogen-bond acceptors (Lipinski definition) is 1. The van der Waals surface area contributed by atoms with E-state index in [1.165, 1.54) is 0 Å². The van der Waals surface area contributed by atoms with Crippen molar-refractivity contribution < 1.29 is 0 Å². The molecule has 0 unspecified atom stereocenters. The third-order valence-electron chi connectivity index (χ3n) is 0.671. The van der Waals surface area contributed by atoms with Gasteiger partial charge in [0.05, 0.1) is 0 Å². The summed E-state index contributed by atoms with van der Waals surface area (Å²) in [5, 5.41) is 6.88. The second kappa shape index (κ2) is 1.85. The number of amidine groups is 1. The minimum absolute atomic E-state index is 0.593. The van der Waals surface area contributed by atoms with E-state index in [4.69, 9.17) is 5.41 Å². The van der Waals surface area contributed by atoms with Crippen LogP contribution in [-0.4, -0.2) is 32.6 Å². The lowest BCUT2D eigenvalue weighted by Gasteiger charge is -2.06. The Morgan fingerprint density at radius 1 is 1.67 bits per heavy atom. The molecule has 1 N–H and O–H groups in total. The van der Waals surface area contributed by atoms with Crippen LogP contribution in [0.25, 0.3) is 0 Å². The number of hydrogen-bond donors (Lipinski definition) is 1. The Morgan fingerprint density at radius 3 is 1.83 bits per heavy atom. The van der Waals surface area contributed by atoms with Gasteiger partial charge in [0, 0.05) is 19.8 Å². The van der Waals surface area contributed by atoms with Crippen LogP contribution < -0.4 is 0 Å². The summed E-state index contributed by atoms with van der Waals surface area (Å²) in [4.78, 5) is 1.75. The van der Waals surface area contributed by atoms with Crippen molar-refractivity contribution in [1.29, 1.82) is 5.41 Å². The summed E-state index contributed by atoms with van der Waals surface area (Å²) in [5.41, 5.74) is 0.593. The van der Waals surface area contributed by atoms with Crippen molar-refractivity contribution >= 4 is 13.6 Å². The molecule has 0 aromatic rings. The van der Waals surface area contributed by atoms with E-state index in [-0.39, 0.29) is 0 Å². The summed E-state index contributed by atoms with van der Waals surface area (Å²) in [6, 6.07) is 0. The molecule has 34 valence electrons. The molecule has 0 saturated heterocycles. The van der Waals surface area contributed by atoms with Gasteiger partial charge in [-0.15, -0.1) is 0 Å². The van der Waals surface area contributed by atoms with Crippen LogP contribution in [0.15, 0.2) is 0 Å². The average Bonchev–Trinajstić information content (AvgIpc) is 1.36. The molecule has 0 amide bonds. The summed E-state index contributed by atoms with van der Waals surface area (Å²) < 4.78 is 0. The largest absolute Gasteiger partial charge is 0.375 e. The highest BCUT2D eigenvalue weighted by atomic mass is 15.1. The minimum Gasteiger partial charge on any atom is -0.375 e. The molecule has 0 radical (unpaired) electrons. The van der Waals surface area contributed by atoms with Gasteiger partial charge in [-0.25, -0.2) is 0 Å². The van der Waals surface area contributed by atoms with Gasteiger partial charge >= 0.3 is 0 Å². The van der Waals surface area contributed by atoms with Gasteiger partial charge in [-0.2, -0.15) is 0 Å². The molecule has 0 aromatic heterocycles. The van der Waals surface area contributed by atoms with E-state index >= 15 is 0 Å². The SMILES string of the molecule is BC(=N)N(C)C. The van der Waals surface area contributed by atoms with E-state index < -0.39 is 0 Å². The Morgan fingerprint density at radius 2 is 1.83 bits per heavy atom. The summed E-state index contributed by atoms with van der Waals surface area (Å²) in [5.74, 6) is 0. The van der Waals surface area contributed by atoms with Gasteiger partial charge in [0.25, 0.3) is 0 Å². The normalized spacial score (nSPS) is 7.67. The zero-order valence-corrected chi connectivity index (χ0v) is 4.45. The van der Waals surface area contributed by atoms with Crippen molar-refractivity contribution in [2.24, 2.45) is 0 Å². The van der Waals surface area contributed by atoms with Gasteiger partial charge < -0.3 is 4.90 Å². The van der Waals surface area contributed by atoms with Crippen molar-refractivity contribution in [3.05, 3.63) is 0 Å². The first-order valence-corrected chi connectivity index (χ1v) is 1.87. The maximum atomic E-state index is 6.88. The highest BCUT2D eigenvalue weighted by Gasteiger charge is 1.82. The molecule has 0 bridgehead atoms. The third-order valence-corrected chi connectivity index (χ3v) is 0.671. The lowest BCUT2D eigenvalue weighted by atomic mass is 10.1. The van der Waals surface area contributed by atoms with Crippen LogP contribution in [0.4, 0.5) is 0 Å². The first-order valence-electron chi connectivity index (χ1n) is 1.87. The van der Waals surface area contributed by atoms with Crippen LogP contribution in [0, 0.1) is 5.41 Å². The number of rotatable bonds is 0. The molecule has 0 heterocycles. The molecule has 0 rings (SSSR count). The van der Waals surface area contributed by atoms with Crippen LogP contribution in [0.5, 0.6) is 0 Å². The maximum Gasteiger partial charge on any atom is 0.185 e. The maximum absolute atomic E-state index is 6.88. The lowest BCUT2D eigenvalue weighted by Crippen LogP contribution is -2.19. The Bertz CT molecular complexity index is 59.8. The molecule has 0 saturated carbocycles. The fourth-order valence-electron chi connectivity index (χ4n) is 0. The zero-order valence-electron chi connectivity index (χ0n) is 4.45. The molecule has 6 heavy (non-hydrogen) atoms. The second-order valence-corrected chi connectivity index (χ2v) is 1.48. The van der Waals surface area contributed by atoms with E-state index in [9.17, 15) is 0 Å². The zero-order chi connectivity index (χ0) is 5.15. The predicted molar refractivity (Wildman–Crippen MR) is 30.0 cm³/mol. The molecule has 3 heteroatoms. The first kappa shape index (κ1) is 5.53. The topological polar surface area (TPSA) is 27.1 Å². The van der Waals surface area contributed by atoms with E-state index in [0.717, 1.165) is 0 Å². The molecule has 0 atom stereocenters. The van der Waals surface area contributed by atoms with Crippen LogP contribution in [0.3, 0.4) is 0 Å². The van der Waals surface area contributed by atoms with E-state index in [1.807, 2.05) is 14.1 Å². The molecule has 0 spiro atoms. The van der Waals surface area contributed by atoms with Gasteiger partial charge in [0.2, 0.25) is 0 Å². The van der Waals surface area contributed by atoms with Gasteiger partial charge in [0.15, 0.2) is 7.85 Å². The molecule has 0 aliphatic heterocycles. The Kier molecular flexibility index (Phi) is 1.71. The average molecular weight is 83.9 g/mol. The van der Waals surface area contributed by atoms with Crippen molar-refractivity contribution in [2.75, 3.05) is 14.1 Å². The van der Waals surface area contributed by atoms with E-state index in [0.29, 0.717) is 5.73 Å². The monoisotopic (exact) mass is 84.1 g/mol. The Labute approximate surface area is 39.1 Å². The fraction of sp³-hybridized carbons (Fsp3) is 0.667. The minimum atomic E-state index is 0.593. The van der Waals surface area contributed by atoms with E-state index in [2.05, 4.69) is 0 Å². The summed E-state index contributed by atoms with van der Waals surface area (Å²) >= 11 is 0. The lowest BCUT2D eigenvalue weighted by molar-refractivity contribution is 0.630. The van der Waals surface area contributed by atoms with Crippen LogP contribution in [0.1, 0.15) is 0 Å². The third kappa shape index (κ3) is 1.82. The summed E-state index contributed by atoms with van der Waals surface area (Å²) in [6.45, 7) is 0. The van der Waals surface area contributed by atoms with Crippen molar-refractivity contribution in [3.8, 4) is 0 Å². The van der Waals surface area contributed by atoms with Gasteiger partial charge in [-0.1, -0.05) is 0 Å². The standard InChI is InChI=1S/C3H9BN2/c1-6(2)3(4)5/h5H,4H2,1-2H3. The highest BCUT2D eigenvalue weighted by Crippen LogP contribution is 1.65. The van der Waals surface area contributed by atoms with Crippen molar-refractivity contribution in [2.45, 2.75) is 0 Å². The number of nitrogens with zero attached hydrogens (tertiary/aromatic N) is 1. The van der Waals surface area contributed by atoms with Crippen LogP contribution in [0.2, 0.25) is 0 Å².